The first-order valence-corrected chi connectivity index (χ1v) is 17.0. The van der Waals surface area contributed by atoms with Crippen LogP contribution in [0.15, 0.2) is 0 Å². The summed E-state index contributed by atoms with van der Waals surface area (Å²) in [4.78, 5) is 0. The second kappa shape index (κ2) is 5.23. The molecule has 0 bridgehead atoms. The van der Waals surface area contributed by atoms with Gasteiger partial charge in [-0.2, -0.15) is 0 Å². The molecule has 90 valence electrons. The maximum Gasteiger partial charge on any atom is 0.251 e. The Hall–Kier alpha value is 1.19. The van der Waals surface area contributed by atoms with Gasteiger partial charge in [-0.1, -0.05) is 40.5 Å². The number of rotatable bonds is 5. The van der Waals surface area contributed by atoms with Crippen molar-refractivity contribution in [3.63, 3.8) is 0 Å². The first kappa shape index (κ1) is 14.3. The van der Waals surface area contributed by atoms with E-state index in [9.17, 15) is 0 Å². The van der Waals surface area contributed by atoms with Gasteiger partial charge in [0.25, 0.3) is 6.21 Å². The van der Waals surface area contributed by atoms with Crippen LogP contribution in [0.1, 0.15) is 40.5 Å². The summed E-state index contributed by atoms with van der Waals surface area (Å²) < 4.78 is 2.66. The van der Waals surface area contributed by atoms with E-state index in [1.54, 1.807) is 0 Å². The van der Waals surface area contributed by atoms with E-state index in [1.807, 2.05) is 0 Å². The maximum absolute atomic E-state index is 6.73. The van der Waals surface area contributed by atoms with Gasteiger partial charge < -0.3 is 4.57 Å². The van der Waals surface area contributed by atoms with Gasteiger partial charge in [0.05, 0.1) is 0 Å². The van der Waals surface area contributed by atoms with Gasteiger partial charge in [-0.25, -0.2) is 0 Å². The number of nitrogens with zero attached hydrogens (tertiary/aromatic N) is 1. The van der Waals surface area contributed by atoms with Crippen LogP contribution in [-0.2, 0) is 0 Å². The monoisotopic (exact) mass is 299 g/mol. The molecule has 0 radical (unpaired) electrons. The Morgan fingerprint density at radius 1 is 1.20 bits per heavy atom. The first-order chi connectivity index (χ1) is 6.78. The highest BCUT2D eigenvalue weighted by molar-refractivity contribution is 7.77. The molecule has 0 heterocycles. The molecule has 0 amide bonds. The highest BCUT2D eigenvalue weighted by Gasteiger charge is 2.52. The SMILES string of the molecule is CC(C)N(C(C)C)[SiH]([SiH3])[Si](Cl)(Cl)C1CC1. The van der Waals surface area contributed by atoms with Crippen LogP contribution in [0.4, 0.5) is 0 Å². The zero-order valence-corrected chi connectivity index (χ0v) is 16.1. The van der Waals surface area contributed by atoms with E-state index in [0.29, 0.717) is 12.1 Å². The minimum absolute atomic E-state index is 0.613. The molecule has 1 fully saturated rings. The predicted molar refractivity (Wildman–Crippen MR) is 79.6 cm³/mol. The first-order valence-electron chi connectivity index (χ1n) is 5.93. The lowest BCUT2D eigenvalue weighted by atomic mass is 10.3. The van der Waals surface area contributed by atoms with E-state index in [4.69, 9.17) is 22.2 Å². The number of hydrogen-bond acceptors (Lipinski definition) is 1. The van der Waals surface area contributed by atoms with Crippen LogP contribution in [0.5, 0.6) is 0 Å². The maximum atomic E-state index is 6.73. The fourth-order valence-corrected chi connectivity index (χ4v) is 23.5. The molecule has 0 saturated heterocycles. The summed E-state index contributed by atoms with van der Waals surface area (Å²) in [6.07, 6.45) is 0.711. The molecule has 0 N–H and O–H groups in total. The second-order valence-corrected chi connectivity index (χ2v) is 27.9. The smallest absolute Gasteiger partial charge is 0.251 e. The van der Waals surface area contributed by atoms with Gasteiger partial charge in [-0.3, -0.25) is 0 Å². The number of halogens is 2. The lowest BCUT2D eigenvalue weighted by Gasteiger charge is -2.40. The molecule has 0 aromatic rings. The largest absolute Gasteiger partial charge is 0.324 e. The van der Waals surface area contributed by atoms with E-state index in [2.05, 4.69) is 32.3 Å². The van der Waals surface area contributed by atoms with Crippen LogP contribution < -0.4 is 0 Å². The van der Waals surface area contributed by atoms with Gasteiger partial charge in [0.1, 0.15) is 7.99 Å². The average Bonchev–Trinajstić information content (AvgIpc) is 2.83. The Morgan fingerprint density at radius 2 is 1.60 bits per heavy atom. The third kappa shape index (κ3) is 3.33. The fraction of sp³-hybridized carbons (Fsp3) is 1.00. The Bertz CT molecular complexity index is 211. The molecule has 6 heteroatoms. The van der Waals surface area contributed by atoms with Gasteiger partial charge in [-0.05, 0) is 17.6 Å². The summed E-state index contributed by atoms with van der Waals surface area (Å²) in [5.41, 5.74) is 0.731. The average molecular weight is 300 g/mol. The third-order valence-corrected chi connectivity index (χ3v) is 37.9. The van der Waals surface area contributed by atoms with E-state index >= 15 is 0 Å². The molecule has 1 aliphatic carbocycles. The Morgan fingerprint density at radius 3 is 1.87 bits per heavy atom. The zero-order valence-electron chi connectivity index (χ0n) is 10.4. The molecule has 0 spiro atoms. The van der Waals surface area contributed by atoms with Crippen molar-refractivity contribution in [1.82, 2.24) is 4.57 Å². The van der Waals surface area contributed by atoms with Gasteiger partial charge in [0.2, 0.25) is 0 Å². The molecular weight excluding hydrogens is 277 g/mol. The van der Waals surface area contributed by atoms with Crippen LogP contribution in [0.2, 0.25) is 5.54 Å². The Balaban J connectivity index is 2.74. The molecular formula is C9H23Cl2NSi3. The van der Waals surface area contributed by atoms with Crippen LogP contribution in [0, 0.1) is 0 Å². The van der Waals surface area contributed by atoms with Crippen LogP contribution in [-0.4, -0.2) is 40.6 Å². The molecule has 0 aliphatic heterocycles. The van der Waals surface area contributed by atoms with Crippen LogP contribution in [0.3, 0.4) is 0 Å². The molecule has 1 unspecified atom stereocenters. The quantitative estimate of drug-likeness (QED) is 0.553. The third-order valence-electron chi connectivity index (χ3n) is 3.32. The standard InChI is InChI=1S/C9H23Cl2NSi3/c1-7(2)12(8(3)4)14(13)15(10,11)9-5-6-9/h7-9,14H,5-6H2,1-4,13H3. The van der Waals surface area contributed by atoms with Crippen LogP contribution >= 0.6 is 22.2 Å². The topological polar surface area (TPSA) is 3.24 Å². The molecule has 1 aliphatic rings. The minimum Gasteiger partial charge on any atom is -0.324 e. The summed E-state index contributed by atoms with van der Waals surface area (Å²) in [6.45, 7) is 9.12. The van der Waals surface area contributed by atoms with Gasteiger partial charge in [-0.15, -0.1) is 22.2 Å². The zero-order chi connectivity index (χ0) is 11.8. The molecule has 1 rings (SSSR count). The summed E-state index contributed by atoms with van der Waals surface area (Å²) in [7, 11) is 0.232. The normalized spacial score (nSPS) is 20.6. The van der Waals surface area contributed by atoms with Gasteiger partial charge >= 0.3 is 0 Å². The Kier molecular flexibility index (Phi) is 4.97. The molecule has 1 nitrogen and oxygen atoms in total. The van der Waals surface area contributed by atoms with Crippen molar-refractivity contribution in [3.8, 4) is 0 Å². The number of hydrogen-bond donors (Lipinski definition) is 0. The van der Waals surface area contributed by atoms with Crippen molar-refractivity contribution < 1.29 is 0 Å². The second-order valence-electron chi connectivity index (χ2n) is 5.26. The van der Waals surface area contributed by atoms with Crippen molar-refractivity contribution in [3.05, 3.63) is 0 Å². The van der Waals surface area contributed by atoms with E-state index in [1.165, 1.54) is 22.6 Å². The fourth-order valence-electron chi connectivity index (χ4n) is 2.50. The highest BCUT2D eigenvalue weighted by Crippen LogP contribution is 2.50. The summed E-state index contributed by atoms with van der Waals surface area (Å²) in [5, 5.41) is 0. The van der Waals surface area contributed by atoms with E-state index < -0.39 is 14.2 Å². The van der Waals surface area contributed by atoms with Crippen molar-refractivity contribution in [1.29, 1.82) is 0 Å². The molecule has 0 aromatic carbocycles. The van der Waals surface area contributed by atoms with E-state index in [0.717, 1.165) is 5.54 Å². The summed E-state index contributed by atoms with van der Waals surface area (Å²) >= 11 is 13.5. The summed E-state index contributed by atoms with van der Waals surface area (Å²) in [6, 6.07) is 1.23. The van der Waals surface area contributed by atoms with Crippen molar-refractivity contribution >= 4 is 46.1 Å². The van der Waals surface area contributed by atoms with Gasteiger partial charge in [0.15, 0.2) is 0 Å². The van der Waals surface area contributed by atoms with Crippen molar-refractivity contribution in [2.45, 2.75) is 58.2 Å². The van der Waals surface area contributed by atoms with E-state index in [-0.39, 0.29) is 0 Å². The Labute approximate surface area is 109 Å². The predicted octanol–water partition coefficient (Wildman–Crippen LogP) is 1.85. The molecule has 1 saturated carbocycles. The lowest BCUT2D eigenvalue weighted by Crippen LogP contribution is -2.60. The molecule has 15 heavy (non-hydrogen) atoms. The molecule has 0 aromatic heterocycles. The minimum atomic E-state index is -1.89. The molecule has 1 atom stereocenters. The summed E-state index contributed by atoms with van der Waals surface area (Å²) in [5.74, 6) is 0. The van der Waals surface area contributed by atoms with Crippen molar-refractivity contribution in [2.75, 3.05) is 0 Å². The van der Waals surface area contributed by atoms with Crippen LogP contribution in [0.25, 0.3) is 0 Å². The highest BCUT2D eigenvalue weighted by atomic mass is 35.7. The van der Waals surface area contributed by atoms with Gasteiger partial charge in [0, 0.05) is 9.76 Å². The lowest BCUT2D eigenvalue weighted by molar-refractivity contribution is 0.314. The van der Waals surface area contributed by atoms with Crippen molar-refractivity contribution in [2.24, 2.45) is 0 Å².